The summed E-state index contributed by atoms with van der Waals surface area (Å²) in [5.74, 6) is 0.227. The van der Waals surface area contributed by atoms with Gasteiger partial charge in [-0.2, -0.15) is 0 Å². The summed E-state index contributed by atoms with van der Waals surface area (Å²) in [6.45, 7) is 0.870. The van der Waals surface area contributed by atoms with E-state index in [1.807, 2.05) is 18.2 Å². The molecule has 0 bridgehead atoms. The second kappa shape index (κ2) is 9.38. The fraction of sp³-hybridized carbons (Fsp3) is 0.208. The van der Waals surface area contributed by atoms with Crippen LogP contribution in [0.15, 0.2) is 72.9 Å². The summed E-state index contributed by atoms with van der Waals surface area (Å²) in [7, 11) is 0. The van der Waals surface area contributed by atoms with E-state index in [4.69, 9.17) is 4.74 Å². The van der Waals surface area contributed by atoms with Crippen LogP contribution in [-0.4, -0.2) is 34.3 Å². The fourth-order valence-electron chi connectivity index (χ4n) is 3.54. The van der Waals surface area contributed by atoms with E-state index in [0.717, 1.165) is 12.0 Å². The number of amides is 2. The molecule has 1 fully saturated rings. The zero-order valence-corrected chi connectivity index (χ0v) is 16.8. The lowest BCUT2D eigenvalue weighted by molar-refractivity contribution is -0.125. The summed E-state index contributed by atoms with van der Waals surface area (Å²) in [6, 6.07) is 17.7. The highest BCUT2D eigenvalue weighted by atomic mass is 19.1. The zero-order chi connectivity index (χ0) is 21.6. The molecule has 3 aromatic rings. The van der Waals surface area contributed by atoms with Gasteiger partial charge >= 0.3 is 0 Å². The molecule has 0 radical (unpaired) electrons. The predicted octanol–water partition coefficient (Wildman–Crippen LogP) is 3.93. The Labute approximate surface area is 179 Å². The molecule has 1 aromatic heterocycles. The maximum Gasteiger partial charge on any atom is 0.254 e. The van der Waals surface area contributed by atoms with E-state index in [9.17, 15) is 14.0 Å². The van der Waals surface area contributed by atoms with Crippen LogP contribution in [0.5, 0.6) is 11.6 Å². The Morgan fingerprint density at radius 2 is 1.84 bits per heavy atom. The van der Waals surface area contributed by atoms with Crippen molar-refractivity contribution in [2.24, 2.45) is 0 Å². The third-order valence-electron chi connectivity index (χ3n) is 5.14. The number of halogens is 1. The van der Waals surface area contributed by atoms with Gasteiger partial charge in [0, 0.05) is 30.9 Å². The largest absolute Gasteiger partial charge is 0.439 e. The van der Waals surface area contributed by atoms with E-state index in [1.54, 1.807) is 35.4 Å². The minimum Gasteiger partial charge on any atom is -0.439 e. The summed E-state index contributed by atoms with van der Waals surface area (Å²) < 4.78 is 18.5. The van der Waals surface area contributed by atoms with Crippen LogP contribution in [0.2, 0.25) is 0 Å². The third-order valence-corrected chi connectivity index (χ3v) is 5.14. The molecule has 7 heteroatoms. The monoisotopic (exact) mass is 419 g/mol. The molecule has 2 amide bonds. The van der Waals surface area contributed by atoms with Crippen molar-refractivity contribution in [3.05, 3.63) is 89.9 Å². The normalized spacial score (nSPS) is 15.5. The molecule has 1 unspecified atom stereocenters. The molecule has 158 valence electrons. The molecular weight excluding hydrogens is 397 g/mol. The quantitative estimate of drug-likeness (QED) is 0.657. The zero-order valence-electron chi connectivity index (χ0n) is 16.8. The summed E-state index contributed by atoms with van der Waals surface area (Å²) in [4.78, 5) is 31.3. The van der Waals surface area contributed by atoms with Gasteiger partial charge in [0.2, 0.25) is 11.8 Å². The first-order valence-corrected chi connectivity index (χ1v) is 10.1. The second-order valence-corrected chi connectivity index (χ2v) is 7.30. The van der Waals surface area contributed by atoms with E-state index in [2.05, 4.69) is 10.3 Å². The molecule has 0 saturated carbocycles. The number of hydrogen-bond donors (Lipinski definition) is 1. The summed E-state index contributed by atoms with van der Waals surface area (Å²) in [5.41, 5.74) is 1.39. The van der Waals surface area contributed by atoms with Crippen LogP contribution < -0.4 is 10.1 Å². The van der Waals surface area contributed by atoms with E-state index in [1.165, 1.54) is 24.3 Å². The number of benzene rings is 2. The molecule has 0 spiro atoms. The molecule has 2 heterocycles. The molecule has 0 aliphatic carbocycles. The van der Waals surface area contributed by atoms with Crippen LogP contribution in [0.4, 0.5) is 4.39 Å². The number of nitrogens with one attached hydrogen (secondary N) is 1. The first-order chi connectivity index (χ1) is 15.1. The van der Waals surface area contributed by atoms with Gasteiger partial charge in [-0.05, 0) is 54.8 Å². The first-order valence-electron chi connectivity index (χ1n) is 10.1. The minimum atomic E-state index is -0.471. The van der Waals surface area contributed by atoms with E-state index >= 15 is 0 Å². The van der Waals surface area contributed by atoms with Gasteiger partial charge in [0.25, 0.3) is 5.91 Å². The van der Waals surface area contributed by atoms with Gasteiger partial charge in [0.05, 0.1) is 0 Å². The number of hydrogen-bond acceptors (Lipinski definition) is 4. The third kappa shape index (κ3) is 5.06. The SMILES string of the molecule is O=C(NCc1ccc(Oc2ccc(F)cc2)nc1)C1CCCN1C(=O)c1ccccc1. The number of rotatable bonds is 6. The van der Waals surface area contributed by atoms with Crippen molar-refractivity contribution >= 4 is 11.8 Å². The van der Waals surface area contributed by atoms with E-state index in [-0.39, 0.29) is 17.6 Å². The van der Waals surface area contributed by atoms with Crippen molar-refractivity contribution in [1.82, 2.24) is 15.2 Å². The molecule has 2 aromatic carbocycles. The Morgan fingerprint density at radius 1 is 1.06 bits per heavy atom. The lowest BCUT2D eigenvalue weighted by atomic mass is 10.1. The number of nitrogens with zero attached hydrogens (tertiary/aromatic N) is 2. The smallest absolute Gasteiger partial charge is 0.254 e. The summed E-state index contributed by atoms with van der Waals surface area (Å²) in [6.07, 6.45) is 3.06. The Morgan fingerprint density at radius 3 is 2.55 bits per heavy atom. The van der Waals surface area contributed by atoms with Crippen LogP contribution in [0.1, 0.15) is 28.8 Å². The van der Waals surface area contributed by atoms with Gasteiger partial charge in [-0.1, -0.05) is 24.3 Å². The average molecular weight is 419 g/mol. The summed E-state index contributed by atoms with van der Waals surface area (Å²) in [5, 5.41) is 2.90. The Bertz CT molecular complexity index is 1040. The average Bonchev–Trinajstić information content (AvgIpc) is 3.30. The van der Waals surface area contributed by atoms with Crippen molar-refractivity contribution < 1.29 is 18.7 Å². The van der Waals surface area contributed by atoms with Crippen LogP contribution in [-0.2, 0) is 11.3 Å². The second-order valence-electron chi connectivity index (χ2n) is 7.30. The number of likely N-dealkylation sites (tertiary alicyclic amines) is 1. The number of pyridine rings is 1. The number of carbonyl (C=O) groups excluding carboxylic acids is 2. The van der Waals surface area contributed by atoms with Crippen molar-refractivity contribution in [3.8, 4) is 11.6 Å². The van der Waals surface area contributed by atoms with Crippen molar-refractivity contribution in [3.63, 3.8) is 0 Å². The van der Waals surface area contributed by atoms with E-state index < -0.39 is 6.04 Å². The molecule has 1 atom stereocenters. The van der Waals surface area contributed by atoms with Gasteiger partial charge in [-0.25, -0.2) is 9.37 Å². The van der Waals surface area contributed by atoms with E-state index in [0.29, 0.717) is 36.7 Å². The highest BCUT2D eigenvalue weighted by Gasteiger charge is 2.34. The van der Waals surface area contributed by atoms with Crippen LogP contribution >= 0.6 is 0 Å². The molecule has 31 heavy (non-hydrogen) atoms. The molecular formula is C24H22FN3O3. The molecule has 1 N–H and O–H groups in total. The molecule has 4 rings (SSSR count). The molecule has 1 aliphatic rings. The molecule has 6 nitrogen and oxygen atoms in total. The van der Waals surface area contributed by atoms with Gasteiger partial charge in [0.15, 0.2) is 0 Å². The highest BCUT2D eigenvalue weighted by molar-refractivity contribution is 5.97. The first kappa shape index (κ1) is 20.5. The fourth-order valence-corrected chi connectivity index (χ4v) is 3.54. The summed E-state index contributed by atoms with van der Waals surface area (Å²) >= 11 is 0. The lowest BCUT2D eigenvalue weighted by Gasteiger charge is -2.24. The maximum absolute atomic E-state index is 13.0. The van der Waals surface area contributed by atoms with Crippen LogP contribution in [0.3, 0.4) is 0 Å². The van der Waals surface area contributed by atoms with Gasteiger partial charge in [0.1, 0.15) is 17.6 Å². The van der Waals surface area contributed by atoms with Crippen LogP contribution in [0.25, 0.3) is 0 Å². The van der Waals surface area contributed by atoms with Crippen molar-refractivity contribution in [2.45, 2.75) is 25.4 Å². The Kier molecular flexibility index (Phi) is 6.21. The van der Waals surface area contributed by atoms with Gasteiger partial charge < -0.3 is 15.0 Å². The van der Waals surface area contributed by atoms with Crippen molar-refractivity contribution in [1.29, 1.82) is 0 Å². The van der Waals surface area contributed by atoms with Gasteiger partial charge in [-0.15, -0.1) is 0 Å². The van der Waals surface area contributed by atoms with Gasteiger partial charge in [-0.3, -0.25) is 9.59 Å². The maximum atomic E-state index is 13.0. The lowest BCUT2D eigenvalue weighted by Crippen LogP contribution is -2.45. The minimum absolute atomic E-state index is 0.123. The Balaban J connectivity index is 1.32. The molecule has 1 saturated heterocycles. The topological polar surface area (TPSA) is 71.5 Å². The van der Waals surface area contributed by atoms with Crippen LogP contribution in [0, 0.1) is 5.82 Å². The van der Waals surface area contributed by atoms with Crippen molar-refractivity contribution in [2.75, 3.05) is 6.54 Å². The number of carbonyl (C=O) groups is 2. The number of ether oxygens (including phenoxy) is 1. The molecule has 1 aliphatic heterocycles. The highest BCUT2D eigenvalue weighted by Crippen LogP contribution is 2.21. The predicted molar refractivity (Wildman–Crippen MR) is 113 cm³/mol. The Hall–Kier alpha value is -3.74. The number of aromatic nitrogens is 1. The standard InChI is InChI=1S/C24H22FN3O3/c25-19-9-11-20(12-10-19)31-22-13-8-17(15-26-22)16-27-23(29)21-7-4-14-28(21)24(30)18-5-2-1-3-6-18/h1-3,5-6,8-13,15,21H,4,7,14,16H2,(H,27,29).